The van der Waals surface area contributed by atoms with Crippen molar-refractivity contribution in [1.29, 1.82) is 0 Å². The van der Waals surface area contributed by atoms with Gasteiger partial charge in [0.2, 0.25) is 0 Å². The molecule has 0 unspecified atom stereocenters. The molecule has 5 heteroatoms. The molecule has 14 heavy (non-hydrogen) atoms. The van der Waals surface area contributed by atoms with E-state index in [1.807, 2.05) is 17.5 Å². The first kappa shape index (κ1) is 9.23. The number of anilines is 1. The molecule has 0 amide bonds. The maximum atomic E-state index is 5.73. The third-order valence-corrected chi connectivity index (χ3v) is 2.79. The molecule has 4 nitrogen and oxygen atoms in total. The van der Waals surface area contributed by atoms with Gasteiger partial charge in [-0.1, -0.05) is 5.16 Å². The van der Waals surface area contributed by atoms with Crippen LogP contribution in [0.1, 0.15) is 10.6 Å². The van der Waals surface area contributed by atoms with Gasteiger partial charge in [-0.15, -0.1) is 11.3 Å². The topological polar surface area (TPSA) is 64.1 Å². The lowest BCUT2D eigenvalue weighted by molar-refractivity contribution is 0.373. The summed E-state index contributed by atoms with van der Waals surface area (Å²) in [5.74, 6) is 0.833. The molecular weight excluding hydrogens is 198 g/mol. The van der Waals surface area contributed by atoms with Crippen LogP contribution in [0.2, 0.25) is 0 Å². The number of nitrogens with zero attached hydrogens (tertiary/aromatic N) is 1. The Morgan fingerprint density at radius 2 is 2.36 bits per heavy atom. The molecule has 74 valence electrons. The molecule has 3 N–H and O–H groups in total. The third kappa shape index (κ3) is 2.12. The van der Waals surface area contributed by atoms with Gasteiger partial charge in [0.1, 0.15) is 5.76 Å². The predicted molar refractivity (Wildman–Crippen MR) is 55.8 cm³/mol. The predicted octanol–water partition coefficient (Wildman–Crippen LogP) is 1.61. The average molecular weight is 209 g/mol. The van der Waals surface area contributed by atoms with Gasteiger partial charge in [0.25, 0.3) is 0 Å². The molecule has 0 atom stereocenters. The van der Waals surface area contributed by atoms with Crippen molar-refractivity contribution in [3.63, 3.8) is 0 Å². The van der Waals surface area contributed by atoms with Crippen LogP contribution in [0.25, 0.3) is 0 Å². The molecular formula is C9H11N3OS. The first-order chi connectivity index (χ1) is 6.86. The zero-order valence-electron chi connectivity index (χ0n) is 7.56. The van der Waals surface area contributed by atoms with Crippen LogP contribution in [0, 0.1) is 0 Å². The first-order valence-corrected chi connectivity index (χ1v) is 5.16. The Morgan fingerprint density at radius 3 is 3.00 bits per heavy atom. The van der Waals surface area contributed by atoms with E-state index in [1.165, 1.54) is 0 Å². The Hall–Kier alpha value is -1.33. The maximum Gasteiger partial charge on any atom is 0.150 e. The lowest BCUT2D eigenvalue weighted by Gasteiger charge is -2.00. The normalized spacial score (nSPS) is 10.6. The summed E-state index contributed by atoms with van der Waals surface area (Å²) in [7, 11) is 0. The van der Waals surface area contributed by atoms with Crippen molar-refractivity contribution in [2.75, 3.05) is 5.73 Å². The van der Waals surface area contributed by atoms with Crippen LogP contribution in [0.5, 0.6) is 0 Å². The highest BCUT2D eigenvalue weighted by Crippen LogP contribution is 2.18. The van der Waals surface area contributed by atoms with E-state index in [1.54, 1.807) is 17.5 Å². The maximum absolute atomic E-state index is 5.73. The molecule has 2 rings (SSSR count). The summed E-state index contributed by atoms with van der Waals surface area (Å²) in [6.07, 6.45) is 1.64. The highest BCUT2D eigenvalue weighted by molar-refractivity contribution is 7.10. The van der Waals surface area contributed by atoms with Crippen LogP contribution in [0.4, 0.5) is 5.69 Å². The summed E-state index contributed by atoms with van der Waals surface area (Å²) in [5, 5.41) is 8.83. The smallest absolute Gasteiger partial charge is 0.150 e. The highest BCUT2D eigenvalue weighted by Gasteiger charge is 2.00. The average Bonchev–Trinajstić information content (AvgIpc) is 2.78. The number of nitrogen functional groups attached to an aromatic ring is 1. The number of hydrogen-bond donors (Lipinski definition) is 2. The van der Waals surface area contributed by atoms with Crippen LogP contribution in [0.15, 0.2) is 28.2 Å². The van der Waals surface area contributed by atoms with Gasteiger partial charge in [-0.05, 0) is 11.4 Å². The van der Waals surface area contributed by atoms with Crippen molar-refractivity contribution in [3.8, 4) is 0 Å². The number of nitrogens with two attached hydrogens (primary N) is 1. The van der Waals surface area contributed by atoms with Crippen molar-refractivity contribution in [3.05, 3.63) is 34.3 Å². The molecule has 2 aromatic rings. The third-order valence-electron chi connectivity index (χ3n) is 1.86. The fraction of sp³-hybridized carbons (Fsp3) is 0.222. The van der Waals surface area contributed by atoms with Crippen LogP contribution in [-0.4, -0.2) is 5.16 Å². The van der Waals surface area contributed by atoms with Crippen molar-refractivity contribution in [1.82, 2.24) is 10.5 Å². The molecule has 0 aromatic carbocycles. The molecule has 0 bridgehead atoms. The van der Waals surface area contributed by atoms with Gasteiger partial charge < -0.3 is 15.6 Å². The molecule has 0 aliphatic heterocycles. The Morgan fingerprint density at radius 1 is 1.43 bits per heavy atom. The second kappa shape index (κ2) is 4.26. The second-order valence-corrected chi connectivity index (χ2v) is 3.88. The van der Waals surface area contributed by atoms with Crippen LogP contribution < -0.4 is 11.1 Å². The number of hydrogen-bond acceptors (Lipinski definition) is 5. The van der Waals surface area contributed by atoms with Gasteiger partial charge in [-0.25, -0.2) is 0 Å². The van der Waals surface area contributed by atoms with Crippen molar-refractivity contribution >= 4 is 17.0 Å². The molecule has 2 heterocycles. The van der Waals surface area contributed by atoms with Crippen LogP contribution >= 0.6 is 11.3 Å². The van der Waals surface area contributed by atoms with E-state index in [-0.39, 0.29) is 0 Å². The van der Waals surface area contributed by atoms with E-state index >= 15 is 0 Å². The van der Waals surface area contributed by atoms with E-state index in [2.05, 4.69) is 10.5 Å². The Kier molecular flexibility index (Phi) is 2.81. The van der Waals surface area contributed by atoms with E-state index in [0.29, 0.717) is 6.54 Å². The minimum atomic E-state index is 0.678. The summed E-state index contributed by atoms with van der Waals surface area (Å²) in [4.78, 5) is 1.16. The number of aromatic nitrogens is 1. The zero-order valence-corrected chi connectivity index (χ0v) is 8.38. The van der Waals surface area contributed by atoms with Gasteiger partial charge in [-0.2, -0.15) is 0 Å². The summed E-state index contributed by atoms with van der Waals surface area (Å²) < 4.78 is 4.94. The zero-order chi connectivity index (χ0) is 9.80. The molecule has 0 spiro atoms. The summed E-state index contributed by atoms with van der Waals surface area (Å²) in [5.41, 5.74) is 6.58. The largest absolute Gasteiger partial charge is 0.398 e. The molecule has 0 aliphatic rings. The number of rotatable bonds is 4. The minimum absolute atomic E-state index is 0.678. The van der Waals surface area contributed by atoms with Gasteiger partial charge in [0, 0.05) is 23.2 Å². The quantitative estimate of drug-likeness (QED) is 0.803. The van der Waals surface area contributed by atoms with E-state index < -0.39 is 0 Å². The molecule has 2 aromatic heterocycles. The lowest BCUT2D eigenvalue weighted by atomic mass is 10.4. The van der Waals surface area contributed by atoms with Gasteiger partial charge >= 0.3 is 0 Å². The van der Waals surface area contributed by atoms with Crippen LogP contribution in [0.3, 0.4) is 0 Å². The summed E-state index contributed by atoms with van der Waals surface area (Å²) in [6.45, 7) is 1.45. The van der Waals surface area contributed by atoms with E-state index in [9.17, 15) is 0 Å². The standard InChI is InChI=1S/C9H11N3OS/c10-8-2-4-14-9(8)6-11-5-7-1-3-12-13-7/h1-4,11H,5-6,10H2. The van der Waals surface area contributed by atoms with E-state index in [0.717, 1.165) is 22.9 Å². The van der Waals surface area contributed by atoms with Crippen molar-refractivity contribution < 1.29 is 4.52 Å². The first-order valence-electron chi connectivity index (χ1n) is 4.28. The monoisotopic (exact) mass is 209 g/mol. The number of thiophene rings is 1. The molecule has 0 radical (unpaired) electrons. The van der Waals surface area contributed by atoms with Gasteiger partial charge in [-0.3, -0.25) is 0 Å². The van der Waals surface area contributed by atoms with Gasteiger partial charge in [0.15, 0.2) is 0 Å². The van der Waals surface area contributed by atoms with Crippen LogP contribution in [-0.2, 0) is 13.1 Å². The van der Waals surface area contributed by atoms with Crippen molar-refractivity contribution in [2.45, 2.75) is 13.1 Å². The van der Waals surface area contributed by atoms with Crippen molar-refractivity contribution in [2.24, 2.45) is 0 Å². The summed E-state index contributed by atoms with van der Waals surface area (Å²) >= 11 is 1.65. The number of nitrogens with one attached hydrogen (secondary N) is 1. The Balaban J connectivity index is 1.81. The summed E-state index contributed by atoms with van der Waals surface area (Å²) in [6, 6.07) is 3.75. The molecule has 0 saturated heterocycles. The second-order valence-electron chi connectivity index (χ2n) is 2.88. The molecule has 0 fully saturated rings. The molecule has 0 saturated carbocycles. The van der Waals surface area contributed by atoms with Gasteiger partial charge in [0.05, 0.1) is 12.7 Å². The fourth-order valence-electron chi connectivity index (χ4n) is 1.13. The fourth-order valence-corrected chi connectivity index (χ4v) is 1.90. The lowest BCUT2D eigenvalue weighted by Crippen LogP contribution is -2.12. The Labute approximate surface area is 85.7 Å². The molecule has 0 aliphatic carbocycles. The highest BCUT2D eigenvalue weighted by atomic mass is 32.1. The Bertz CT molecular complexity index is 382. The SMILES string of the molecule is Nc1ccsc1CNCc1ccno1. The van der Waals surface area contributed by atoms with E-state index in [4.69, 9.17) is 10.3 Å². The minimum Gasteiger partial charge on any atom is -0.398 e.